The fraction of sp³-hybridized carbons (Fsp3) is 0.625. The SMILES string of the molecule is Cn1cnc(CCNCS(C)=O)c1. The molecule has 0 aliphatic heterocycles. The lowest BCUT2D eigenvalue weighted by Gasteiger charge is -1.99. The van der Waals surface area contributed by atoms with Gasteiger partial charge in [0.2, 0.25) is 0 Å². The topological polar surface area (TPSA) is 46.9 Å². The molecule has 1 rings (SSSR count). The van der Waals surface area contributed by atoms with Crippen molar-refractivity contribution in [3.63, 3.8) is 0 Å². The van der Waals surface area contributed by atoms with Crippen molar-refractivity contribution in [3.8, 4) is 0 Å². The second-order valence-electron chi connectivity index (χ2n) is 3.00. The molecule has 0 fully saturated rings. The van der Waals surface area contributed by atoms with Crippen LogP contribution in [0.15, 0.2) is 12.5 Å². The lowest BCUT2D eigenvalue weighted by Crippen LogP contribution is -2.21. The van der Waals surface area contributed by atoms with E-state index < -0.39 is 10.8 Å². The van der Waals surface area contributed by atoms with Crippen molar-refractivity contribution in [2.45, 2.75) is 6.42 Å². The molecule has 0 aromatic carbocycles. The van der Waals surface area contributed by atoms with E-state index >= 15 is 0 Å². The quantitative estimate of drug-likeness (QED) is 0.676. The Balaban J connectivity index is 2.16. The zero-order valence-corrected chi connectivity index (χ0v) is 8.80. The van der Waals surface area contributed by atoms with Crippen LogP contribution >= 0.6 is 0 Å². The molecule has 4 nitrogen and oxygen atoms in total. The number of nitrogens with zero attached hydrogens (tertiary/aromatic N) is 2. The molecular weight excluding hydrogens is 186 g/mol. The minimum absolute atomic E-state index is 0.562. The number of imidazole rings is 1. The van der Waals surface area contributed by atoms with Crippen LogP contribution in [0.25, 0.3) is 0 Å². The summed E-state index contributed by atoms with van der Waals surface area (Å²) in [5.74, 6) is 0.562. The Bertz CT molecular complexity index is 285. The fourth-order valence-corrected chi connectivity index (χ4v) is 1.46. The Morgan fingerprint density at radius 3 is 3.00 bits per heavy atom. The highest BCUT2D eigenvalue weighted by Crippen LogP contribution is 1.93. The minimum atomic E-state index is -0.755. The minimum Gasteiger partial charge on any atom is -0.340 e. The lowest BCUT2D eigenvalue weighted by atomic mass is 10.3. The molecule has 0 saturated carbocycles. The van der Waals surface area contributed by atoms with E-state index in [1.54, 1.807) is 12.6 Å². The van der Waals surface area contributed by atoms with E-state index in [9.17, 15) is 4.21 Å². The van der Waals surface area contributed by atoms with Crippen LogP contribution in [0.1, 0.15) is 5.69 Å². The number of nitrogens with one attached hydrogen (secondary N) is 1. The van der Waals surface area contributed by atoms with Gasteiger partial charge < -0.3 is 9.88 Å². The number of aromatic nitrogens is 2. The zero-order chi connectivity index (χ0) is 9.68. The maximum Gasteiger partial charge on any atom is 0.0946 e. The molecular formula is C8H15N3OS. The number of rotatable bonds is 5. The van der Waals surface area contributed by atoms with Crippen LogP contribution in [0.2, 0.25) is 0 Å². The Kier molecular flexibility index (Phi) is 4.11. The first-order valence-corrected chi connectivity index (χ1v) is 5.89. The van der Waals surface area contributed by atoms with Crippen LogP contribution in [0.3, 0.4) is 0 Å². The monoisotopic (exact) mass is 201 g/mol. The van der Waals surface area contributed by atoms with Gasteiger partial charge in [-0.05, 0) is 0 Å². The summed E-state index contributed by atoms with van der Waals surface area (Å²) in [5.41, 5.74) is 1.07. The van der Waals surface area contributed by atoms with E-state index in [1.807, 2.05) is 17.8 Å². The molecule has 0 bridgehead atoms. The molecule has 0 radical (unpaired) electrons. The maximum atomic E-state index is 10.7. The van der Waals surface area contributed by atoms with Gasteiger partial charge in [0, 0.05) is 43.3 Å². The number of hydrogen-bond acceptors (Lipinski definition) is 3. The van der Waals surface area contributed by atoms with Crippen LogP contribution in [0.4, 0.5) is 0 Å². The number of aryl methyl sites for hydroxylation is 1. The van der Waals surface area contributed by atoms with Crippen LogP contribution in [-0.2, 0) is 24.3 Å². The Hall–Kier alpha value is -0.680. The third kappa shape index (κ3) is 4.19. The van der Waals surface area contributed by atoms with Gasteiger partial charge in [-0.25, -0.2) is 4.98 Å². The van der Waals surface area contributed by atoms with Crippen LogP contribution in [-0.4, -0.2) is 32.4 Å². The molecule has 0 aliphatic rings. The summed E-state index contributed by atoms with van der Waals surface area (Å²) < 4.78 is 12.6. The second-order valence-corrected chi connectivity index (χ2v) is 4.43. The highest BCUT2D eigenvalue weighted by molar-refractivity contribution is 7.84. The summed E-state index contributed by atoms with van der Waals surface area (Å²) in [6.07, 6.45) is 6.35. The van der Waals surface area contributed by atoms with Crippen LogP contribution in [0.5, 0.6) is 0 Å². The molecule has 0 saturated heterocycles. The molecule has 74 valence electrons. The molecule has 1 unspecified atom stereocenters. The largest absolute Gasteiger partial charge is 0.340 e. The van der Waals surface area contributed by atoms with E-state index in [0.717, 1.165) is 18.7 Å². The van der Waals surface area contributed by atoms with E-state index in [-0.39, 0.29) is 0 Å². The summed E-state index contributed by atoms with van der Waals surface area (Å²) >= 11 is 0. The van der Waals surface area contributed by atoms with Gasteiger partial charge in [0.05, 0.1) is 17.9 Å². The maximum absolute atomic E-state index is 10.7. The zero-order valence-electron chi connectivity index (χ0n) is 7.99. The molecule has 1 aromatic rings. The summed E-state index contributed by atoms with van der Waals surface area (Å²) in [5, 5.41) is 3.09. The van der Waals surface area contributed by atoms with Gasteiger partial charge in [-0.1, -0.05) is 0 Å². The van der Waals surface area contributed by atoms with E-state index in [1.165, 1.54) is 0 Å². The fourth-order valence-electron chi connectivity index (χ4n) is 1.03. The molecule has 1 aromatic heterocycles. The van der Waals surface area contributed by atoms with E-state index in [2.05, 4.69) is 10.3 Å². The average molecular weight is 201 g/mol. The molecule has 0 amide bonds. The molecule has 1 heterocycles. The van der Waals surface area contributed by atoms with Crippen molar-refractivity contribution in [1.82, 2.24) is 14.9 Å². The van der Waals surface area contributed by atoms with Crippen molar-refractivity contribution in [2.75, 3.05) is 18.7 Å². The van der Waals surface area contributed by atoms with E-state index in [4.69, 9.17) is 0 Å². The lowest BCUT2D eigenvalue weighted by molar-refractivity contribution is 0.674. The summed E-state index contributed by atoms with van der Waals surface area (Å²) in [4.78, 5) is 4.18. The van der Waals surface area contributed by atoms with Crippen molar-refractivity contribution < 1.29 is 4.21 Å². The normalized spacial score (nSPS) is 13.1. The van der Waals surface area contributed by atoms with Crippen LogP contribution in [0, 0.1) is 0 Å². The van der Waals surface area contributed by atoms with Gasteiger partial charge in [0.1, 0.15) is 0 Å². The highest BCUT2D eigenvalue weighted by Gasteiger charge is 1.96. The molecule has 1 atom stereocenters. The average Bonchev–Trinajstić information content (AvgIpc) is 2.45. The van der Waals surface area contributed by atoms with Gasteiger partial charge in [0.25, 0.3) is 0 Å². The molecule has 13 heavy (non-hydrogen) atoms. The van der Waals surface area contributed by atoms with Gasteiger partial charge >= 0.3 is 0 Å². The van der Waals surface area contributed by atoms with Crippen molar-refractivity contribution in [2.24, 2.45) is 7.05 Å². The Morgan fingerprint density at radius 2 is 2.46 bits per heavy atom. The predicted octanol–water partition coefficient (Wildman–Crippen LogP) is -0.112. The Morgan fingerprint density at radius 1 is 1.69 bits per heavy atom. The molecule has 5 heteroatoms. The molecule has 1 N–H and O–H groups in total. The van der Waals surface area contributed by atoms with Gasteiger partial charge in [-0.3, -0.25) is 4.21 Å². The van der Waals surface area contributed by atoms with E-state index in [0.29, 0.717) is 5.88 Å². The summed E-state index contributed by atoms with van der Waals surface area (Å²) in [6, 6.07) is 0. The standard InChI is InChI=1S/C8H15N3OS/c1-11-5-8(10-6-11)3-4-9-7-13(2)12/h5-6,9H,3-4,7H2,1-2H3. The van der Waals surface area contributed by atoms with Crippen molar-refractivity contribution in [3.05, 3.63) is 18.2 Å². The molecule has 0 aliphatic carbocycles. The summed E-state index contributed by atoms with van der Waals surface area (Å²) in [7, 11) is 1.19. The highest BCUT2D eigenvalue weighted by atomic mass is 32.2. The van der Waals surface area contributed by atoms with Gasteiger partial charge in [-0.2, -0.15) is 0 Å². The first kappa shape index (κ1) is 10.4. The van der Waals surface area contributed by atoms with Crippen LogP contribution < -0.4 is 5.32 Å². The van der Waals surface area contributed by atoms with Gasteiger partial charge in [-0.15, -0.1) is 0 Å². The Labute approximate surface area is 80.8 Å². The van der Waals surface area contributed by atoms with Crippen molar-refractivity contribution >= 4 is 10.8 Å². The number of hydrogen-bond donors (Lipinski definition) is 1. The first-order valence-electron chi connectivity index (χ1n) is 4.16. The first-order chi connectivity index (χ1) is 6.18. The van der Waals surface area contributed by atoms with Crippen molar-refractivity contribution in [1.29, 1.82) is 0 Å². The molecule has 0 spiro atoms. The third-order valence-electron chi connectivity index (χ3n) is 1.62. The predicted molar refractivity (Wildman–Crippen MR) is 53.8 cm³/mol. The second kappa shape index (κ2) is 5.14. The smallest absolute Gasteiger partial charge is 0.0946 e. The summed E-state index contributed by atoms with van der Waals surface area (Å²) in [6.45, 7) is 0.830. The third-order valence-corrected chi connectivity index (χ3v) is 2.23. The van der Waals surface area contributed by atoms with Gasteiger partial charge in [0.15, 0.2) is 0 Å².